The second kappa shape index (κ2) is 8.23. The number of nitrogens with zero attached hydrogens (tertiary/aromatic N) is 2. The quantitative estimate of drug-likeness (QED) is 0.542. The van der Waals surface area contributed by atoms with Crippen molar-refractivity contribution < 1.29 is 31.5 Å². The fraction of sp³-hybridized carbons (Fsp3) is 0.450. The number of oxazole rings is 1. The number of carbonyl (C=O) groups excluding carboxylic acids is 1. The number of hydrogen-bond acceptors (Lipinski definition) is 6. The van der Waals surface area contributed by atoms with E-state index in [4.69, 9.17) is 14.9 Å². The van der Waals surface area contributed by atoms with Crippen LogP contribution in [-0.4, -0.2) is 35.0 Å². The lowest BCUT2D eigenvalue weighted by Gasteiger charge is -2.41. The van der Waals surface area contributed by atoms with Gasteiger partial charge in [-0.1, -0.05) is 6.07 Å². The fourth-order valence-electron chi connectivity index (χ4n) is 3.28. The highest BCUT2D eigenvalue weighted by molar-refractivity contribution is 5.96. The Kier molecular flexibility index (Phi) is 6.59. The smallest absolute Gasteiger partial charge is 0.424 e. The van der Waals surface area contributed by atoms with Crippen LogP contribution in [0.5, 0.6) is 0 Å². The monoisotopic (exact) mass is 463 g/mol. The Morgan fingerprint density at radius 1 is 1.26 bits per heavy atom. The molecule has 1 aromatic carbocycles. The Labute approximate surface area is 182 Å². The number of hydrogen-bond donors (Lipinski definition) is 1. The molecule has 0 aliphatic carbocycles. The number of aliphatic imine (C=N–C) groups is 1. The van der Waals surface area contributed by atoms with Gasteiger partial charge in [0, 0.05) is 18.9 Å². The van der Waals surface area contributed by atoms with Crippen LogP contribution in [0, 0.1) is 19.7 Å². The van der Waals surface area contributed by atoms with Gasteiger partial charge in [0.05, 0.1) is 6.61 Å². The van der Waals surface area contributed by atoms with Gasteiger partial charge < -0.3 is 14.9 Å². The molecule has 2 aromatic rings. The number of aryl methyl sites for hydroxylation is 2. The summed E-state index contributed by atoms with van der Waals surface area (Å²) in [5.41, 5.74) is 1.94. The minimum atomic E-state index is -4.78. The van der Waals surface area contributed by atoms with Crippen molar-refractivity contribution in [2.75, 3.05) is 6.61 Å². The van der Waals surface area contributed by atoms with Gasteiger partial charge in [-0.05, 0) is 38.5 Å². The zero-order valence-electron chi connectivity index (χ0n) is 17.3. The molecule has 1 aliphatic rings. The second-order valence-electron chi connectivity index (χ2n) is 7.64. The summed E-state index contributed by atoms with van der Waals surface area (Å²) in [6.07, 6.45) is -4.88. The third-order valence-corrected chi connectivity index (χ3v) is 5.18. The molecule has 1 aliphatic heterocycles. The average Bonchev–Trinajstić information content (AvgIpc) is 2.97. The van der Waals surface area contributed by atoms with E-state index < -0.39 is 35.6 Å². The van der Waals surface area contributed by atoms with E-state index in [0.29, 0.717) is 17.2 Å². The van der Waals surface area contributed by atoms with Crippen molar-refractivity contribution in [1.82, 2.24) is 4.98 Å². The van der Waals surface area contributed by atoms with E-state index in [9.17, 15) is 22.4 Å². The molecule has 31 heavy (non-hydrogen) atoms. The van der Waals surface area contributed by atoms with Crippen molar-refractivity contribution in [3.63, 3.8) is 0 Å². The molecular formula is C20H22ClF4N3O3. The maximum Gasteiger partial charge on any atom is 0.424 e. The third kappa shape index (κ3) is 4.45. The van der Waals surface area contributed by atoms with E-state index in [2.05, 4.69) is 9.98 Å². The number of nitrogens with two attached hydrogens (primary N) is 1. The van der Waals surface area contributed by atoms with E-state index in [1.54, 1.807) is 13.8 Å². The summed E-state index contributed by atoms with van der Waals surface area (Å²) in [5, 5.41) is 0. The summed E-state index contributed by atoms with van der Waals surface area (Å²) < 4.78 is 64.8. The average molecular weight is 464 g/mol. The molecule has 0 saturated heterocycles. The van der Waals surface area contributed by atoms with E-state index >= 15 is 0 Å². The van der Waals surface area contributed by atoms with Crippen LogP contribution in [-0.2, 0) is 16.7 Å². The van der Waals surface area contributed by atoms with E-state index in [-0.39, 0.29) is 35.9 Å². The molecular weight excluding hydrogens is 442 g/mol. The van der Waals surface area contributed by atoms with E-state index in [0.717, 1.165) is 13.0 Å². The molecule has 0 radical (unpaired) electrons. The number of benzene rings is 1. The molecule has 0 unspecified atom stereocenters. The van der Waals surface area contributed by atoms with Crippen molar-refractivity contribution in [3.05, 3.63) is 52.5 Å². The summed E-state index contributed by atoms with van der Waals surface area (Å²) in [6.45, 7) is 4.88. The van der Waals surface area contributed by atoms with Gasteiger partial charge in [0.15, 0.2) is 11.7 Å². The van der Waals surface area contributed by atoms with Crippen molar-refractivity contribution >= 4 is 24.0 Å². The highest BCUT2D eigenvalue weighted by Crippen LogP contribution is 2.41. The molecule has 2 heterocycles. The molecule has 170 valence electrons. The lowest BCUT2D eigenvalue weighted by molar-refractivity contribution is -0.249. The molecule has 0 amide bonds. The molecule has 2 N–H and O–H groups in total. The molecule has 0 fully saturated rings. The molecule has 11 heteroatoms. The van der Waals surface area contributed by atoms with Gasteiger partial charge in [0.1, 0.15) is 28.6 Å². The number of Topliss-reactive ketones (excluding diaryl/α,β-unsaturated/α-hetero) is 1. The lowest BCUT2D eigenvalue weighted by Crippen LogP contribution is -2.60. The van der Waals surface area contributed by atoms with Crippen LogP contribution >= 0.6 is 12.4 Å². The summed E-state index contributed by atoms with van der Waals surface area (Å²) in [7, 11) is 0. The summed E-state index contributed by atoms with van der Waals surface area (Å²) >= 11 is 0. The largest absolute Gasteiger partial charge is 0.446 e. The first kappa shape index (κ1) is 24.8. The zero-order valence-corrected chi connectivity index (χ0v) is 18.1. The SMILES string of the molecule is Cc1nc(C(=O)Cc2ccc(F)c([C@]3(C)CO[C@@](C)(C(F)(F)F)C(N)=N3)c2)c(C)o1.Cl. The van der Waals surface area contributed by atoms with Crippen LogP contribution in [0.1, 0.15) is 47.1 Å². The van der Waals surface area contributed by atoms with Crippen molar-refractivity contribution in [1.29, 1.82) is 0 Å². The highest BCUT2D eigenvalue weighted by Gasteiger charge is 2.59. The Morgan fingerprint density at radius 3 is 2.42 bits per heavy atom. The predicted molar refractivity (Wildman–Crippen MR) is 107 cm³/mol. The number of ether oxygens (including phenoxy) is 1. The number of amidine groups is 1. The number of carbonyl (C=O) groups is 1. The van der Waals surface area contributed by atoms with Gasteiger partial charge in [-0.25, -0.2) is 9.37 Å². The molecule has 0 spiro atoms. The Balaban J connectivity index is 0.00000341. The standard InChI is InChI=1S/C20H21F4N3O3.ClH/c1-10-16(26-11(2)30-10)15(28)8-12-5-6-14(21)13(7-12)18(3)9-29-19(4,17(25)27-18)20(22,23)24;/h5-7H,8-9H2,1-4H3,(H2,25,27);1H/t18-,19+;/m0./s1. The van der Waals surface area contributed by atoms with E-state index in [1.807, 2.05) is 0 Å². The number of rotatable bonds is 4. The first-order valence-electron chi connectivity index (χ1n) is 9.09. The minimum Gasteiger partial charge on any atom is -0.446 e. The van der Waals surface area contributed by atoms with Gasteiger partial charge in [0.2, 0.25) is 5.60 Å². The zero-order chi connectivity index (χ0) is 22.5. The van der Waals surface area contributed by atoms with Crippen LogP contribution in [0.25, 0.3) is 0 Å². The van der Waals surface area contributed by atoms with Gasteiger partial charge in [-0.2, -0.15) is 13.2 Å². The van der Waals surface area contributed by atoms with Gasteiger partial charge >= 0.3 is 6.18 Å². The van der Waals surface area contributed by atoms with Crippen LogP contribution in [0.15, 0.2) is 27.6 Å². The maximum absolute atomic E-state index is 14.6. The Bertz CT molecular complexity index is 1040. The predicted octanol–water partition coefficient (Wildman–Crippen LogP) is 4.20. The third-order valence-electron chi connectivity index (χ3n) is 5.18. The molecule has 0 saturated carbocycles. The fourth-order valence-corrected chi connectivity index (χ4v) is 3.28. The topological polar surface area (TPSA) is 90.7 Å². The maximum atomic E-state index is 14.6. The Hall–Kier alpha value is -2.46. The van der Waals surface area contributed by atoms with Crippen molar-refractivity contribution in [3.8, 4) is 0 Å². The van der Waals surface area contributed by atoms with Crippen LogP contribution in [0.3, 0.4) is 0 Å². The number of ketones is 1. The van der Waals surface area contributed by atoms with Gasteiger partial charge in [-0.15, -0.1) is 12.4 Å². The normalized spacial score (nSPS) is 23.8. The number of halogens is 5. The van der Waals surface area contributed by atoms with E-state index in [1.165, 1.54) is 19.1 Å². The summed E-state index contributed by atoms with van der Waals surface area (Å²) in [6, 6.07) is 3.93. The van der Waals surface area contributed by atoms with Gasteiger partial charge in [-0.3, -0.25) is 9.79 Å². The second-order valence-corrected chi connectivity index (χ2v) is 7.64. The van der Waals surface area contributed by atoms with Crippen LogP contribution < -0.4 is 5.73 Å². The van der Waals surface area contributed by atoms with Crippen LogP contribution in [0.2, 0.25) is 0 Å². The summed E-state index contributed by atoms with van der Waals surface area (Å²) in [4.78, 5) is 20.5. The molecule has 0 bridgehead atoms. The number of aromatic nitrogens is 1. The summed E-state index contributed by atoms with van der Waals surface area (Å²) in [5.74, 6) is -1.10. The molecule has 6 nitrogen and oxygen atoms in total. The first-order valence-corrected chi connectivity index (χ1v) is 9.09. The highest BCUT2D eigenvalue weighted by atomic mass is 35.5. The molecule has 3 rings (SSSR count). The lowest BCUT2D eigenvalue weighted by atomic mass is 9.88. The Morgan fingerprint density at radius 2 is 1.90 bits per heavy atom. The molecule has 2 atom stereocenters. The van der Waals surface area contributed by atoms with Crippen molar-refractivity contribution in [2.45, 2.75) is 51.4 Å². The van der Waals surface area contributed by atoms with Gasteiger partial charge in [0.25, 0.3) is 0 Å². The number of alkyl halides is 3. The minimum absolute atomic E-state index is 0. The van der Waals surface area contributed by atoms with Crippen LogP contribution in [0.4, 0.5) is 17.6 Å². The first-order chi connectivity index (χ1) is 13.8. The van der Waals surface area contributed by atoms with Crippen molar-refractivity contribution in [2.24, 2.45) is 10.7 Å². The molecule has 1 aromatic heterocycles.